The molecule has 0 atom stereocenters. The summed E-state index contributed by atoms with van der Waals surface area (Å²) in [5.74, 6) is 1.46. The zero-order valence-electron chi connectivity index (χ0n) is 13.1. The van der Waals surface area contributed by atoms with Gasteiger partial charge in [-0.1, -0.05) is 20.8 Å². The first-order valence-corrected chi connectivity index (χ1v) is 7.61. The van der Waals surface area contributed by atoms with Crippen molar-refractivity contribution in [2.75, 3.05) is 11.9 Å². The normalized spacial score (nSPS) is 11.5. The van der Waals surface area contributed by atoms with E-state index in [0.717, 1.165) is 23.6 Å². The zero-order chi connectivity index (χ0) is 15.5. The Labute approximate surface area is 132 Å². The second kappa shape index (κ2) is 6.44. The van der Waals surface area contributed by atoms with E-state index in [1.807, 2.05) is 31.6 Å². The van der Waals surface area contributed by atoms with Crippen LogP contribution in [0.3, 0.4) is 0 Å². The van der Waals surface area contributed by atoms with Crippen LogP contribution in [0.15, 0.2) is 36.7 Å². The van der Waals surface area contributed by atoms with Gasteiger partial charge in [0, 0.05) is 43.0 Å². The topological polar surface area (TPSA) is 29.0 Å². The number of halogens is 1. The Morgan fingerprint density at radius 1 is 1.10 bits per heavy atom. The lowest BCUT2D eigenvalue weighted by Crippen LogP contribution is -2.21. The third-order valence-corrected chi connectivity index (χ3v) is 3.66. The summed E-state index contributed by atoms with van der Waals surface area (Å²) in [7, 11) is 2.05. The minimum Gasteiger partial charge on any atom is -0.355 e. The van der Waals surface area contributed by atoms with Crippen LogP contribution < -0.4 is 4.90 Å². The molecule has 0 radical (unpaired) electrons. The molecule has 0 aliphatic carbocycles. The van der Waals surface area contributed by atoms with E-state index in [4.69, 9.17) is 16.6 Å². The van der Waals surface area contributed by atoms with Crippen molar-refractivity contribution < 1.29 is 0 Å². The highest BCUT2D eigenvalue weighted by atomic mass is 35.5. The maximum atomic E-state index is 6.03. The number of aromatic nitrogens is 2. The van der Waals surface area contributed by atoms with Crippen LogP contribution in [0.4, 0.5) is 5.82 Å². The average Bonchev–Trinajstić information content (AvgIpc) is 2.46. The Morgan fingerprint density at radius 2 is 1.76 bits per heavy atom. The molecule has 3 nitrogen and oxygen atoms in total. The predicted molar refractivity (Wildman–Crippen MR) is 88.8 cm³/mol. The molecule has 2 heterocycles. The summed E-state index contributed by atoms with van der Waals surface area (Å²) in [4.78, 5) is 11.0. The first-order valence-electron chi connectivity index (χ1n) is 7.07. The van der Waals surface area contributed by atoms with Crippen molar-refractivity contribution in [3.8, 4) is 0 Å². The third kappa shape index (κ3) is 4.18. The highest BCUT2D eigenvalue weighted by molar-refractivity contribution is 6.17. The maximum absolute atomic E-state index is 6.03. The van der Waals surface area contributed by atoms with E-state index in [1.54, 1.807) is 0 Å². The summed E-state index contributed by atoms with van der Waals surface area (Å²) in [5.41, 5.74) is 3.39. The molecular weight excluding hydrogens is 282 g/mol. The molecule has 0 aliphatic heterocycles. The highest BCUT2D eigenvalue weighted by Gasteiger charge is 2.18. The second-order valence-corrected chi connectivity index (χ2v) is 6.58. The highest BCUT2D eigenvalue weighted by Crippen LogP contribution is 2.25. The van der Waals surface area contributed by atoms with Crippen molar-refractivity contribution in [1.29, 1.82) is 0 Å². The molecule has 0 fully saturated rings. The molecule has 0 aliphatic rings. The van der Waals surface area contributed by atoms with Gasteiger partial charge in [0.2, 0.25) is 0 Å². The van der Waals surface area contributed by atoms with Gasteiger partial charge < -0.3 is 4.90 Å². The van der Waals surface area contributed by atoms with Gasteiger partial charge >= 0.3 is 0 Å². The number of hydrogen-bond donors (Lipinski definition) is 0. The summed E-state index contributed by atoms with van der Waals surface area (Å²) < 4.78 is 0. The summed E-state index contributed by atoms with van der Waals surface area (Å²) in [6.45, 7) is 7.30. The molecule has 0 amide bonds. The Kier molecular flexibility index (Phi) is 4.84. The van der Waals surface area contributed by atoms with E-state index in [-0.39, 0.29) is 5.41 Å². The Morgan fingerprint density at radius 3 is 2.33 bits per heavy atom. The smallest absolute Gasteiger partial charge is 0.129 e. The first kappa shape index (κ1) is 15.8. The monoisotopic (exact) mass is 303 g/mol. The van der Waals surface area contributed by atoms with Crippen LogP contribution in [-0.4, -0.2) is 17.0 Å². The molecule has 0 saturated carbocycles. The number of hydrogen-bond acceptors (Lipinski definition) is 3. The number of nitrogens with zero attached hydrogens (tertiary/aromatic N) is 3. The lowest BCUT2D eigenvalue weighted by Gasteiger charge is -2.24. The van der Waals surface area contributed by atoms with Gasteiger partial charge in [0.15, 0.2) is 0 Å². The third-order valence-electron chi connectivity index (χ3n) is 3.35. The Bertz CT molecular complexity index is 591. The molecule has 0 bridgehead atoms. The molecule has 0 N–H and O–H groups in total. The second-order valence-electron chi connectivity index (χ2n) is 6.31. The molecule has 0 saturated heterocycles. The fourth-order valence-corrected chi connectivity index (χ4v) is 2.23. The van der Waals surface area contributed by atoms with Gasteiger partial charge in [-0.05, 0) is 35.4 Å². The standard InChI is InChI=1S/C17H22ClN3/c1-17(2,3)15-9-14(11-18)10-16(20-15)21(4)12-13-5-7-19-8-6-13/h5-10H,11-12H2,1-4H3. The van der Waals surface area contributed by atoms with Gasteiger partial charge in [0.05, 0.1) is 0 Å². The fourth-order valence-electron chi connectivity index (χ4n) is 2.07. The zero-order valence-corrected chi connectivity index (χ0v) is 13.9. The van der Waals surface area contributed by atoms with Gasteiger partial charge in [-0.2, -0.15) is 0 Å². The van der Waals surface area contributed by atoms with E-state index < -0.39 is 0 Å². The van der Waals surface area contributed by atoms with Gasteiger partial charge in [-0.3, -0.25) is 4.98 Å². The van der Waals surface area contributed by atoms with Crippen molar-refractivity contribution in [2.45, 2.75) is 38.6 Å². The molecule has 21 heavy (non-hydrogen) atoms. The first-order chi connectivity index (χ1) is 9.90. The molecule has 2 aromatic rings. The van der Waals surface area contributed by atoms with Gasteiger partial charge in [-0.15, -0.1) is 11.6 Å². The van der Waals surface area contributed by atoms with Crippen LogP contribution in [0.2, 0.25) is 0 Å². The lowest BCUT2D eigenvalue weighted by molar-refractivity contribution is 0.567. The summed E-state index contributed by atoms with van der Waals surface area (Å²) in [5, 5.41) is 0. The predicted octanol–water partition coefficient (Wildman–Crippen LogP) is 4.15. The SMILES string of the molecule is CN(Cc1ccncc1)c1cc(CCl)cc(C(C)(C)C)n1. The molecular formula is C17H22ClN3. The van der Waals surface area contributed by atoms with E-state index in [2.05, 4.69) is 42.8 Å². The van der Waals surface area contributed by atoms with Crippen LogP contribution >= 0.6 is 11.6 Å². The molecule has 2 aromatic heterocycles. The van der Waals surface area contributed by atoms with Gasteiger partial charge in [0.1, 0.15) is 5.82 Å². The Balaban J connectivity index is 2.30. The van der Waals surface area contributed by atoms with Crippen LogP contribution in [0.25, 0.3) is 0 Å². The van der Waals surface area contributed by atoms with Crippen molar-refractivity contribution >= 4 is 17.4 Å². The molecule has 0 spiro atoms. The minimum absolute atomic E-state index is 0.00826. The summed E-state index contributed by atoms with van der Waals surface area (Å²) in [6.07, 6.45) is 3.62. The summed E-state index contributed by atoms with van der Waals surface area (Å²) >= 11 is 6.03. The quantitative estimate of drug-likeness (QED) is 0.795. The molecule has 4 heteroatoms. The minimum atomic E-state index is 0.00826. The van der Waals surface area contributed by atoms with Crippen LogP contribution in [0.5, 0.6) is 0 Å². The Hall–Kier alpha value is -1.61. The number of anilines is 1. The van der Waals surface area contributed by atoms with Gasteiger partial charge in [0.25, 0.3) is 0 Å². The van der Waals surface area contributed by atoms with Crippen molar-refractivity contribution in [3.05, 3.63) is 53.5 Å². The molecule has 2 rings (SSSR count). The van der Waals surface area contributed by atoms with E-state index >= 15 is 0 Å². The summed E-state index contributed by atoms with van der Waals surface area (Å²) in [6, 6.07) is 8.19. The van der Waals surface area contributed by atoms with Crippen molar-refractivity contribution in [1.82, 2.24) is 9.97 Å². The largest absolute Gasteiger partial charge is 0.355 e. The van der Waals surface area contributed by atoms with Crippen LogP contribution in [0, 0.1) is 0 Å². The average molecular weight is 304 g/mol. The van der Waals surface area contributed by atoms with Crippen molar-refractivity contribution in [2.24, 2.45) is 0 Å². The van der Waals surface area contributed by atoms with Crippen LogP contribution in [-0.2, 0) is 17.8 Å². The van der Waals surface area contributed by atoms with E-state index in [9.17, 15) is 0 Å². The van der Waals surface area contributed by atoms with E-state index in [0.29, 0.717) is 5.88 Å². The molecule has 0 unspecified atom stereocenters. The maximum Gasteiger partial charge on any atom is 0.129 e. The lowest BCUT2D eigenvalue weighted by atomic mass is 9.91. The van der Waals surface area contributed by atoms with Crippen LogP contribution in [0.1, 0.15) is 37.6 Å². The number of alkyl halides is 1. The number of pyridine rings is 2. The fraction of sp³-hybridized carbons (Fsp3) is 0.412. The van der Waals surface area contributed by atoms with Crippen molar-refractivity contribution in [3.63, 3.8) is 0 Å². The van der Waals surface area contributed by atoms with E-state index in [1.165, 1.54) is 5.56 Å². The molecule has 0 aromatic carbocycles. The molecule has 112 valence electrons. The van der Waals surface area contributed by atoms with Gasteiger partial charge in [-0.25, -0.2) is 4.98 Å². The number of rotatable bonds is 4.